The van der Waals surface area contributed by atoms with Crippen LogP contribution in [0.1, 0.15) is 0 Å². The molecule has 33 heavy (non-hydrogen) atoms. The minimum Gasteiger partial charge on any atom is -0.351 e. The summed E-state index contributed by atoms with van der Waals surface area (Å²) in [4.78, 5) is 6.33. The Balaban J connectivity index is 0.000000154. The van der Waals surface area contributed by atoms with Crippen molar-refractivity contribution in [2.75, 3.05) is 0 Å². The summed E-state index contributed by atoms with van der Waals surface area (Å²) in [5.41, 5.74) is 0. The Bertz CT molecular complexity index is 1430. The van der Waals surface area contributed by atoms with Gasteiger partial charge in [-0.25, -0.2) is 4.98 Å². The Morgan fingerprint density at radius 2 is 1.03 bits per heavy atom. The van der Waals surface area contributed by atoms with E-state index in [9.17, 15) is 16.8 Å². The van der Waals surface area contributed by atoms with E-state index in [0.29, 0.717) is 10.8 Å². The van der Waals surface area contributed by atoms with E-state index in [4.69, 9.17) is 9.11 Å². The van der Waals surface area contributed by atoms with Gasteiger partial charge in [0.1, 0.15) is 9.79 Å². The van der Waals surface area contributed by atoms with Gasteiger partial charge in [-0.2, -0.15) is 16.8 Å². The van der Waals surface area contributed by atoms with Gasteiger partial charge in [0.2, 0.25) is 0 Å². The van der Waals surface area contributed by atoms with Crippen LogP contribution in [0.4, 0.5) is 0 Å². The summed E-state index contributed by atoms with van der Waals surface area (Å²) in [5, 5.41) is 2.67. The van der Waals surface area contributed by atoms with Crippen molar-refractivity contribution < 1.29 is 25.9 Å². The second-order valence-corrected chi connectivity index (χ2v) is 9.45. The van der Waals surface area contributed by atoms with E-state index >= 15 is 0 Å². The maximum Gasteiger partial charge on any atom is 0.295 e. The monoisotopic (exact) mass is 484 g/mol. The molecule has 0 saturated carbocycles. The molecule has 5 aromatic rings. The molecule has 10 heteroatoms. The van der Waals surface area contributed by atoms with Crippen LogP contribution >= 0.6 is 0 Å². The predicted molar refractivity (Wildman–Crippen MR) is 126 cm³/mol. The third-order valence-corrected chi connectivity index (χ3v) is 6.28. The lowest BCUT2D eigenvalue weighted by Gasteiger charge is -2.02. The lowest BCUT2D eigenvalue weighted by atomic mass is 10.1. The van der Waals surface area contributed by atoms with Gasteiger partial charge in [0, 0.05) is 23.2 Å². The molecule has 3 N–H and O–H groups in total. The first-order valence-electron chi connectivity index (χ1n) is 9.51. The zero-order valence-electron chi connectivity index (χ0n) is 17.1. The second kappa shape index (κ2) is 10.4. The van der Waals surface area contributed by atoms with Crippen molar-refractivity contribution >= 4 is 41.8 Å². The van der Waals surface area contributed by atoms with Gasteiger partial charge in [-0.1, -0.05) is 72.8 Å². The van der Waals surface area contributed by atoms with Crippen LogP contribution in [0.15, 0.2) is 113 Å². The number of nitrogens with one attached hydrogen (secondary N) is 1. The normalized spacial score (nSPS) is 11.2. The largest absolute Gasteiger partial charge is 0.351 e. The molecule has 0 radical (unpaired) electrons. The lowest BCUT2D eigenvalue weighted by Crippen LogP contribution is -1.98. The molecule has 4 aromatic carbocycles. The topological polar surface area (TPSA) is 137 Å². The van der Waals surface area contributed by atoms with Crippen molar-refractivity contribution in [3.63, 3.8) is 0 Å². The van der Waals surface area contributed by atoms with Gasteiger partial charge in [0.25, 0.3) is 20.2 Å². The van der Waals surface area contributed by atoms with Crippen LogP contribution in [0, 0.1) is 0 Å². The van der Waals surface area contributed by atoms with Crippen LogP contribution < -0.4 is 0 Å². The summed E-state index contributed by atoms with van der Waals surface area (Å²) in [5.74, 6) is 0. The average Bonchev–Trinajstić information content (AvgIpc) is 3.38. The van der Waals surface area contributed by atoms with Crippen LogP contribution in [-0.4, -0.2) is 35.9 Å². The molecular weight excluding hydrogens is 464 g/mol. The molecule has 0 aliphatic carbocycles. The van der Waals surface area contributed by atoms with Crippen molar-refractivity contribution in [3.8, 4) is 0 Å². The lowest BCUT2D eigenvalue weighted by molar-refractivity contribution is 0.482. The Hall–Kier alpha value is -3.57. The predicted octanol–water partition coefficient (Wildman–Crippen LogP) is 4.58. The van der Waals surface area contributed by atoms with Crippen molar-refractivity contribution in [3.05, 3.63) is 104 Å². The molecule has 0 amide bonds. The van der Waals surface area contributed by atoms with E-state index in [1.165, 1.54) is 12.1 Å². The van der Waals surface area contributed by atoms with E-state index < -0.39 is 20.2 Å². The van der Waals surface area contributed by atoms with Crippen LogP contribution in [0.25, 0.3) is 21.5 Å². The van der Waals surface area contributed by atoms with Gasteiger partial charge in [0.15, 0.2) is 0 Å². The number of H-pyrrole nitrogens is 1. The second-order valence-electron chi connectivity index (χ2n) is 6.67. The molecule has 1 heterocycles. The van der Waals surface area contributed by atoms with Crippen LogP contribution in [0.5, 0.6) is 0 Å². The highest BCUT2D eigenvalue weighted by atomic mass is 32.2. The summed E-state index contributed by atoms with van der Waals surface area (Å²) in [7, 11) is -8.26. The number of rotatable bonds is 2. The number of benzene rings is 4. The Morgan fingerprint density at radius 1 is 0.606 bits per heavy atom. The summed E-state index contributed by atoms with van der Waals surface area (Å²) in [6.07, 6.45) is 5.08. The number of imidazole rings is 1. The molecule has 0 bridgehead atoms. The van der Waals surface area contributed by atoms with Gasteiger partial charge >= 0.3 is 0 Å². The molecule has 0 saturated heterocycles. The molecule has 1 aromatic heterocycles. The number of aromatic amines is 1. The molecular formula is C23H20N2O6S2. The first-order valence-corrected chi connectivity index (χ1v) is 12.4. The third kappa shape index (κ3) is 6.46. The summed E-state index contributed by atoms with van der Waals surface area (Å²) in [6.45, 7) is 0. The number of fused-ring (bicyclic) bond motifs is 2. The molecule has 0 aliphatic rings. The van der Waals surface area contributed by atoms with Gasteiger partial charge < -0.3 is 4.98 Å². The zero-order valence-corrected chi connectivity index (χ0v) is 18.7. The Labute approximate surface area is 191 Å². The molecule has 0 spiro atoms. The number of aromatic nitrogens is 2. The van der Waals surface area contributed by atoms with E-state index in [-0.39, 0.29) is 9.79 Å². The van der Waals surface area contributed by atoms with Gasteiger partial charge in [0.05, 0.1) is 6.33 Å². The smallest absolute Gasteiger partial charge is 0.295 e. The minimum atomic E-state index is -4.13. The van der Waals surface area contributed by atoms with Crippen LogP contribution in [0.2, 0.25) is 0 Å². The van der Waals surface area contributed by atoms with Gasteiger partial charge in [-0.3, -0.25) is 9.11 Å². The molecule has 0 aliphatic heterocycles. The highest BCUT2D eigenvalue weighted by Gasteiger charge is 2.13. The van der Waals surface area contributed by atoms with Crippen molar-refractivity contribution in [2.24, 2.45) is 0 Å². The summed E-state index contributed by atoms with van der Waals surface area (Å²) >= 11 is 0. The van der Waals surface area contributed by atoms with Crippen molar-refractivity contribution in [2.45, 2.75) is 9.79 Å². The molecule has 0 atom stereocenters. The minimum absolute atomic E-state index is 0.0457. The van der Waals surface area contributed by atoms with E-state index in [1.807, 2.05) is 12.1 Å². The molecule has 8 nitrogen and oxygen atoms in total. The molecule has 0 fully saturated rings. The highest BCUT2D eigenvalue weighted by Crippen LogP contribution is 2.23. The first-order chi connectivity index (χ1) is 15.7. The quantitative estimate of drug-likeness (QED) is 0.312. The fourth-order valence-corrected chi connectivity index (χ4v) is 4.49. The molecule has 170 valence electrons. The summed E-state index contributed by atoms with van der Waals surface area (Å²) < 4.78 is 61.9. The van der Waals surface area contributed by atoms with Crippen LogP contribution in [0.3, 0.4) is 0 Å². The third-order valence-electron chi connectivity index (χ3n) is 4.46. The SMILES string of the molecule is O=S(=O)(O)c1cccc2ccccc12.O=S(=O)(O)c1cccc2ccccc12.c1c[nH]cn1. The van der Waals surface area contributed by atoms with Crippen LogP contribution in [-0.2, 0) is 20.2 Å². The van der Waals surface area contributed by atoms with Gasteiger partial charge in [-0.05, 0) is 22.9 Å². The highest BCUT2D eigenvalue weighted by molar-refractivity contribution is 7.86. The first kappa shape index (κ1) is 24.1. The standard InChI is InChI=1S/2C10H8O3S.C3H4N2/c2*11-14(12,13)10-7-3-5-8-4-1-2-6-9(8)10;1-2-5-3-4-1/h2*1-7H,(H,11,12,13);1-3H,(H,4,5). The zero-order chi connectivity index (χ0) is 23.9. The fourth-order valence-electron chi connectivity index (χ4n) is 3.06. The van der Waals surface area contributed by atoms with Gasteiger partial charge in [-0.15, -0.1) is 0 Å². The molecule has 0 unspecified atom stereocenters. The Kier molecular flexibility index (Phi) is 7.56. The van der Waals surface area contributed by atoms with E-state index in [0.717, 1.165) is 10.8 Å². The number of nitrogens with zero attached hydrogens (tertiary/aromatic N) is 1. The Morgan fingerprint density at radius 3 is 1.36 bits per heavy atom. The average molecular weight is 485 g/mol. The van der Waals surface area contributed by atoms with E-state index in [2.05, 4.69) is 9.97 Å². The maximum atomic E-state index is 11.0. The number of hydrogen-bond acceptors (Lipinski definition) is 5. The molecule has 5 rings (SSSR count). The number of hydrogen-bond donors (Lipinski definition) is 3. The summed E-state index contributed by atoms with van der Waals surface area (Å²) in [6, 6.07) is 23.6. The fraction of sp³-hybridized carbons (Fsp3) is 0. The maximum absolute atomic E-state index is 11.0. The van der Waals surface area contributed by atoms with E-state index in [1.54, 1.807) is 79.4 Å². The van der Waals surface area contributed by atoms with Crippen molar-refractivity contribution in [1.82, 2.24) is 9.97 Å². The van der Waals surface area contributed by atoms with Crippen molar-refractivity contribution in [1.29, 1.82) is 0 Å².